The normalized spacial score (nSPS) is 21.2. The number of aromatic amines is 1. The summed E-state index contributed by atoms with van der Waals surface area (Å²) in [6, 6.07) is 7.97. The standard InChI is InChI=1S/C32H39N5O3/c1-36-15-17-37(18-16-36)32(38)30-23-25-21-26(13-14-29(25)34-30)33-31-12-8-4-7-11-28(35-31)24-9-5-3-6-10-27(22-24)40-20-19-39-2/h3,6-7,10-11,13-14,21-23,34H,4-5,8-9,12,15-20H2,1-2H3/b6-3?,11-7?,24-22?,27-10+,33-31?,35-28?. The number of amidine groups is 1. The number of hydrogen-bond donors (Lipinski definition) is 1. The zero-order chi connectivity index (χ0) is 27.7. The van der Waals surface area contributed by atoms with Crippen molar-refractivity contribution in [1.29, 1.82) is 0 Å². The maximum Gasteiger partial charge on any atom is 0.270 e. The summed E-state index contributed by atoms with van der Waals surface area (Å²) in [6.45, 7) is 4.34. The number of hydrogen-bond acceptors (Lipinski definition) is 5. The van der Waals surface area contributed by atoms with E-state index in [0.717, 1.165) is 97.8 Å². The minimum Gasteiger partial charge on any atom is -0.491 e. The number of aliphatic imine (C=N–C) groups is 2. The van der Waals surface area contributed by atoms with Gasteiger partial charge in [0.25, 0.3) is 5.91 Å². The first-order valence-electron chi connectivity index (χ1n) is 14.2. The molecule has 0 unspecified atom stereocenters. The summed E-state index contributed by atoms with van der Waals surface area (Å²) in [4.78, 5) is 30.6. The van der Waals surface area contributed by atoms with Gasteiger partial charge in [-0.25, -0.2) is 9.98 Å². The highest BCUT2D eigenvalue weighted by Gasteiger charge is 2.22. The second kappa shape index (κ2) is 13.5. The number of piperazine rings is 1. The molecule has 1 saturated heterocycles. The van der Waals surface area contributed by atoms with E-state index in [9.17, 15) is 4.79 Å². The summed E-state index contributed by atoms with van der Waals surface area (Å²) >= 11 is 0. The molecular formula is C32H39N5O3. The Balaban J connectivity index is 1.39. The van der Waals surface area contributed by atoms with Crippen molar-refractivity contribution < 1.29 is 14.3 Å². The molecule has 5 rings (SSSR count). The number of nitrogens with one attached hydrogen (secondary N) is 1. The Morgan fingerprint density at radius 3 is 2.80 bits per heavy atom. The van der Waals surface area contributed by atoms with E-state index in [0.29, 0.717) is 18.9 Å². The maximum absolute atomic E-state index is 13.1. The van der Waals surface area contributed by atoms with Crippen LogP contribution in [0.2, 0.25) is 0 Å². The Kier molecular flexibility index (Phi) is 9.42. The molecule has 1 fully saturated rings. The minimum absolute atomic E-state index is 0.0557. The van der Waals surface area contributed by atoms with E-state index in [2.05, 4.69) is 41.2 Å². The molecule has 0 atom stereocenters. The molecule has 2 aromatic rings. The van der Waals surface area contributed by atoms with Crippen LogP contribution in [0.4, 0.5) is 5.69 Å². The van der Waals surface area contributed by atoms with Crippen molar-refractivity contribution in [1.82, 2.24) is 14.8 Å². The fourth-order valence-corrected chi connectivity index (χ4v) is 5.02. The van der Waals surface area contributed by atoms with Gasteiger partial charge in [0.2, 0.25) is 0 Å². The molecule has 3 heterocycles. The van der Waals surface area contributed by atoms with Gasteiger partial charge in [-0.05, 0) is 80.8 Å². The largest absolute Gasteiger partial charge is 0.491 e. The number of benzene rings is 1. The number of carbonyl (C=O) groups is 1. The molecule has 40 heavy (non-hydrogen) atoms. The lowest BCUT2D eigenvalue weighted by molar-refractivity contribution is 0.0659. The van der Waals surface area contributed by atoms with E-state index in [4.69, 9.17) is 19.5 Å². The second-order valence-corrected chi connectivity index (χ2v) is 10.4. The van der Waals surface area contributed by atoms with E-state index < -0.39 is 0 Å². The van der Waals surface area contributed by atoms with Crippen LogP contribution >= 0.6 is 0 Å². The first-order valence-corrected chi connectivity index (χ1v) is 14.2. The summed E-state index contributed by atoms with van der Waals surface area (Å²) in [7, 11) is 3.76. The molecule has 0 saturated carbocycles. The van der Waals surface area contributed by atoms with Gasteiger partial charge in [-0.2, -0.15) is 0 Å². The van der Waals surface area contributed by atoms with Gasteiger partial charge in [-0.3, -0.25) is 4.79 Å². The summed E-state index contributed by atoms with van der Waals surface area (Å²) in [6.07, 6.45) is 17.2. The van der Waals surface area contributed by atoms with Gasteiger partial charge >= 0.3 is 0 Å². The monoisotopic (exact) mass is 541 g/mol. The van der Waals surface area contributed by atoms with E-state index >= 15 is 0 Å². The summed E-state index contributed by atoms with van der Waals surface area (Å²) in [5, 5.41) is 0.978. The zero-order valence-corrected chi connectivity index (χ0v) is 23.6. The van der Waals surface area contributed by atoms with Crippen LogP contribution in [-0.4, -0.2) is 85.8 Å². The first kappa shape index (κ1) is 27.8. The fourth-order valence-electron chi connectivity index (χ4n) is 5.02. The lowest BCUT2D eigenvalue weighted by Gasteiger charge is -2.32. The van der Waals surface area contributed by atoms with E-state index in [1.54, 1.807) is 7.11 Å². The van der Waals surface area contributed by atoms with Crippen LogP contribution in [0.3, 0.4) is 0 Å². The zero-order valence-electron chi connectivity index (χ0n) is 23.6. The highest BCUT2D eigenvalue weighted by atomic mass is 16.5. The predicted octanol–water partition coefficient (Wildman–Crippen LogP) is 5.59. The number of fused-ring (bicyclic) bond motifs is 1. The highest BCUT2D eigenvalue weighted by molar-refractivity contribution is 6.14. The Morgan fingerprint density at radius 1 is 1.07 bits per heavy atom. The van der Waals surface area contributed by atoms with Gasteiger partial charge < -0.3 is 24.3 Å². The molecule has 1 aromatic heterocycles. The molecule has 8 heteroatoms. The summed E-state index contributed by atoms with van der Waals surface area (Å²) in [5.41, 5.74) is 4.46. The Labute approximate surface area is 236 Å². The van der Waals surface area contributed by atoms with Crippen molar-refractivity contribution in [3.8, 4) is 0 Å². The molecule has 0 radical (unpaired) electrons. The van der Waals surface area contributed by atoms with Gasteiger partial charge in [-0.15, -0.1) is 0 Å². The molecule has 2 aliphatic heterocycles. The Morgan fingerprint density at radius 2 is 1.95 bits per heavy atom. The molecule has 0 spiro atoms. The maximum atomic E-state index is 13.1. The average molecular weight is 542 g/mol. The number of H-pyrrole nitrogens is 1. The third-order valence-corrected chi connectivity index (χ3v) is 7.36. The topological polar surface area (TPSA) is 82.5 Å². The number of nitrogens with zero attached hydrogens (tertiary/aromatic N) is 4. The molecule has 8 nitrogen and oxygen atoms in total. The van der Waals surface area contributed by atoms with Crippen molar-refractivity contribution in [2.75, 3.05) is 53.6 Å². The third-order valence-electron chi connectivity index (χ3n) is 7.36. The first-order chi connectivity index (χ1) is 19.6. The Bertz CT molecular complexity index is 1390. The SMILES string of the molecule is COCCO/C1=C/C=CCCC(C2=NC(=Nc3ccc4[nH]c(C(=O)N5CCN(C)CC5)cc4c3)CCCC=C2)=C1. The quantitative estimate of drug-likeness (QED) is 0.464. The smallest absolute Gasteiger partial charge is 0.270 e. The van der Waals surface area contributed by atoms with Gasteiger partial charge in [0.05, 0.1) is 18.0 Å². The van der Waals surface area contributed by atoms with E-state index in [1.165, 1.54) is 0 Å². The van der Waals surface area contributed by atoms with E-state index in [-0.39, 0.29) is 5.91 Å². The fraction of sp³-hybridized carbons (Fsp3) is 0.406. The molecule has 1 amide bonds. The van der Waals surface area contributed by atoms with Crippen LogP contribution in [0.25, 0.3) is 10.9 Å². The molecule has 0 bridgehead atoms. The Hall–Kier alpha value is -3.75. The van der Waals surface area contributed by atoms with Crippen molar-refractivity contribution >= 4 is 34.0 Å². The average Bonchev–Trinajstić information content (AvgIpc) is 3.35. The van der Waals surface area contributed by atoms with Crippen LogP contribution in [0.15, 0.2) is 82.0 Å². The van der Waals surface area contributed by atoms with Crippen LogP contribution in [-0.2, 0) is 9.47 Å². The molecule has 1 aliphatic carbocycles. The summed E-state index contributed by atoms with van der Waals surface area (Å²) < 4.78 is 11.1. The number of ether oxygens (including phenoxy) is 2. The molecular weight excluding hydrogens is 502 g/mol. The number of carbonyl (C=O) groups excluding carboxylic acids is 1. The van der Waals surface area contributed by atoms with Crippen LogP contribution in [0.5, 0.6) is 0 Å². The second-order valence-electron chi connectivity index (χ2n) is 10.4. The molecule has 1 N–H and O–H groups in total. The minimum atomic E-state index is 0.0557. The van der Waals surface area contributed by atoms with Crippen molar-refractivity contribution in [3.05, 3.63) is 77.7 Å². The third kappa shape index (κ3) is 7.25. The van der Waals surface area contributed by atoms with Crippen LogP contribution in [0.1, 0.15) is 42.6 Å². The van der Waals surface area contributed by atoms with Gasteiger partial charge in [0.1, 0.15) is 23.9 Å². The molecule has 210 valence electrons. The van der Waals surface area contributed by atoms with E-state index in [1.807, 2.05) is 41.3 Å². The number of allylic oxidation sites excluding steroid dienone is 7. The van der Waals surface area contributed by atoms with Crippen molar-refractivity contribution in [2.24, 2.45) is 9.98 Å². The van der Waals surface area contributed by atoms with Gasteiger partial charge in [0.15, 0.2) is 0 Å². The predicted molar refractivity (Wildman–Crippen MR) is 162 cm³/mol. The number of likely N-dealkylation sites (N-methyl/N-ethyl adjacent to an activating group) is 1. The number of methoxy groups -OCH3 is 1. The van der Waals surface area contributed by atoms with Crippen molar-refractivity contribution in [3.63, 3.8) is 0 Å². The molecule has 1 aromatic carbocycles. The molecule has 3 aliphatic rings. The van der Waals surface area contributed by atoms with Crippen LogP contribution in [0, 0.1) is 0 Å². The van der Waals surface area contributed by atoms with Gasteiger partial charge in [0, 0.05) is 50.6 Å². The number of amides is 1. The van der Waals surface area contributed by atoms with Gasteiger partial charge in [-0.1, -0.05) is 18.2 Å². The number of aromatic nitrogens is 1. The van der Waals surface area contributed by atoms with Crippen LogP contribution < -0.4 is 0 Å². The lowest BCUT2D eigenvalue weighted by atomic mass is 10.00. The number of rotatable bonds is 7. The lowest BCUT2D eigenvalue weighted by Crippen LogP contribution is -2.47. The summed E-state index contributed by atoms with van der Waals surface area (Å²) in [5.74, 6) is 1.67. The highest BCUT2D eigenvalue weighted by Crippen LogP contribution is 2.25. The van der Waals surface area contributed by atoms with Crippen molar-refractivity contribution in [2.45, 2.75) is 32.1 Å².